The zero-order chi connectivity index (χ0) is 27.3. The molecule has 0 bridgehead atoms. The lowest BCUT2D eigenvalue weighted by Gasteiger charge is -2.24. The van der Waals surface area contributed by atoms with Gasteiger partial charge in [-0.2, -0.15) is 0 Å². The smallest absolute Gasteiger partial charge is 0.338 e. The molecule has 0 radical (unpaired) electrons. The van der Waals surface area contributed by atoms with Crippen molar-refractivity contribution in [3.05, 3.63) is 90.0 Å². The van der Waals surface area contributed by atoms with E-state index < -0.39 is 23.9 Å². The number of furan rings is 1. The largest absolute Gasteiger partial charge is 0.481 e. The van der Waals surface area contributed by atoms with Crippen LogP contribution in [0.3, 0.4) is 0 Å². The number of aromatic nitrogens is 1. The molecule has 4 rings (SSSR count). The highest BCUT2D eigenvalue weighted by Crippen LogP contribution is 2.31. The maximum Gasteiger partial charge on any atom is 0.338 e. The van der Waals surface area contributed by atoms with Crippen molar-refractivity contribution in [2.24, 2.45) is 4.99 Å². The molecule has 0 saturated carbocycles. The molecule has 0 saturated heterocycles. The van der Waals surface area contributed by atoms with Gasteiger partial charge in [0.2, 0.25) is 0 Å². The van der Waals surface area contributed by atoms with Crippen molar-refractivity contribution < 1.29 is 33.4 Å². The van der Waals surface area contributed by atoms with Gasteiger partial charge in [0.05, 0.1) is 41.1 Å². The minimum absolute atomic E-state index is 0.186. The fraction of sp³-hybridized carbons (Fsp3) is 0.269. The van der Waals surface area contributed by atoms with E-state index >= 15 is 0 Å². The Morgan fingerprint density at radius 2 is 1.78 bits per heavy atom. The molecule has 1 atom stereocenters. The number of aliphatic carboxylic acids is 1. The Hall–Kier alpha value is -4.25. The predicted octanol–water partition coefficient (Wildman–Crippen LogP) is 2.58. The molecule has 0 spiro atoms. The van der Waals surface area contributed by atoms with Gasteiger partial charge in [-0.15, -0.1) is 0 Å². The van der Waals surface area contributed by atoms with Gasteiger partial charge in [-0.05, 0) is 50.6 Å². The van der Waals surface area contributed by atoms with Gasteiger partial charge in [0, 0.05) is 13.0 Å². The third kappa shape index (κ3) is 6.12. The number of carbonyl (C=O) groups is 3. The third-order valence-electron chi connectivity index (χ3n) is 5.20. The van der Waals surface area contributed by atoms with Crippen LogP contribution in [0.4, 0.5) is 0 Å². The summed E-state index contributed by atoms with van der Waals surface area (Å²) in [7, 11) is 1.31. The molecular formula is C26H26N2O8S. The van der Waals surface area contributed by atoms with Crippen LogP contribution in [-0.2, 0) is 19.1 Å². The van der Waals surface area contributed by atoms with Gasteiger partial charge in [0.15, 0.2) is 4.80 Å². The molecule has 0 fully saturated rings. The molecule has 11 heteroatoms. The first-order valence-electron chi connectivity index (χ1n) is 11.2. The number of methoxy groups -OCH3 is 1. The summed E-state index contributed by atoms with van der Waals surface area (Å²) in [5.74, 6) is -0.565. The number of rotatable bonds is 5. The van der Waals surface area contributed by atoms with Crippen LogP contribution in [0.2, 0.25) is 0 Å². The average molecular weight is 527 g/mol. The van der Waals surface area contributed by atoms with Gasteiger partial charge in [-0.25, -0.2) is 14.6 Å². The van der Waals surface area contributed by atoms with E-state index in [9.17, 15) is 14.4 Å². The summed E-state index contributed by atoms with van der Waals surface area (Å²) in [6.07, 6.45) is 1.66. The molecule has 2 aromatic heterocycles. The summed E-state index contributed by atoms with van der Waals surface area (Å²) >= 11 is 1.21. The van der Waals surface area contributed by atoms with Crippen LogP contribution in [0.25, 0.3) is 6.08 Å². The van der Waals surface area contributed by atoms with Crippen LogP contribution in [0.5, 0.6) is 0 Å². The molecule has 0 amide bonds. The lowest BCUT2D eigenvalue weighted by molar-refractivity contribution is -0.139. The molecule has 10 nitrogen and oxygen atoms in total. The molecule has 1 aromatic carbocycles. The van der Waals surface area contributed by atoms with Crippen molar-refractivity contribution >= 4 is 35.3 Å². The Kier molecular flexibility index (Phi) is 8.61. The number of benzene rings is 1. The highest BCUT2D eigenvalue weighted by Gasteiger charge is 2.33. The van der Waals surface area contributed by atoms with Crippen molar-refractivity contribution in [2.45, 2.75) is 33.7 Å². The third-order valence-corrected chi connectivity index (χ3v) is 6.18. The minimum atomic E-state index is -0.833. The fourth-order valence-corrected chi connectivity index (χ4v) is 4.71. The second-order valence-electron chi connectivity index (χ2n) is 7.88. The molecule has 1 aliphatic rings. The molecule has 3 heterocycles. The van der Waals surface area contributed by atoms with Crippen LogP contribution < -0.4 is 14.9 Å². The topological polar surface area (TPSA) is 137 Å². The highest BCUT2D eigenvalue weighted by molar-refractivity contribution is 7.07. The van der Waals surface area contributed by atoms with Gasteiger partial charge in [-0.3, -0.25) is 14.2 Å². The molecule has 194 valence electrons. The summed E-state index contributed by atoms with van der Waals surface area (Å²) in [6, 6.07) is 9.43. The van der Waals surface area contributed by atoms with Crippen LogP contribution in [-0.4, -0.2) is 41.3 Å². The lowest BCUT2D eigenvalue weighted by atomic mass is 9.95. The van der Waals surface area contributed by atoms with E-state index in [1.165, 1.54) is 23.0 Å². The molecule has 1 unspecified atom stereocenters. The number of esters is 2. The minimum Gasteiger partial charge on any atom is -0.481 e. The highest BCUT2D eigenvalue weighted by atomic mass is 32.1. The molecule has 3 aromatic rings. The number of carboxylic acids is 1. The number of hydrogen-bond donors (Lipinski definition) is 1. The molecule has 1 N–H and O–H groups in total. The summed E-state index contributed by atoms with van der Waals surface area (Å²) in [5, 5.41) is 7.42. The van der Waals surface area contributed by atoms with Crippen molar-refractivity contribution in [3.8, 4) is 0 Å². The Labute approximate surface area is 215 Å². The summed E-state index contributed by atoms with van der Waals surface area (Å²) < 4.78 is 17.5. The quantitative estimate of drug-likeness (QED) is 0.501. The summed E-state index contributed by atoms with van der Waals surface area (Å²) in [4.78, 5) is 52.2. The van der Waals surface area contributed by atoms with Gasteiger partial charge in [0.25, 0.3) is 11.5 Å². The number of fused-ring (bicyclic) bond motifs is 1. The standard InChI is InChI=1S/C24H22N2O6S.C2H4O2/c1-5-31-23(29)19-14(3)25-24-26(20(19)15-7-9-16(10-8-15)22(28)30-4)21(27)18(33-24)12-17-11-6-13(2)32-17;1-2(3)4/h6-12,20H,5H2,1-4H3;1H3,(H,3,4). The van der Waals surface area contributed by atoms with Crippen molar-refractivity contribution in [1.82, 2.24) is 4.57 Å². The van der Waals surface area contributed by atoms with Gasteiger partial charge in [0.1, 0.15) is 11.5 Å². The first-order chi connectivity index (χ1) is 17.6. The number of ether oxygens (including phenoxy) is 2. The van der Waals surface area contributed by atoms with E-state index in [0.29, 0.717) is 31.9 Å². The maximum atomic E-state index is 13.5. The number of hydrogen-bond acceptors (Lipinski definition) is 9. The Balaban J connectivity index is 0.000000886. The van der Waals surface area contributed by atoms with Crippen LogP contribution >= 0.6 is 11.3 Å². The number of aryl methyl sites for hydroxylation is 1. The number of allylic oxidation sites excluding steroid dienone is 1. The summed E-state index contributed by atoms with van der Waals surface area (Å²) in [5.41, 5.74) is 1.44. The Morgan fingerprint density at radius 1 is 1.14 bits per heavy atom. The lowest BCUT2D eigenvalue weighted by Crippen LogP contribution is -2.39. The fourth-order valence-electron chi connectivity index (χ4n) is 3.69. The monoisotopic (exact) mass is 526 g/mol. The van der Waals surface area contributed by atoms with Gasteiger partial charge < -0.3 is 19.0 Å². The van der Waals surface area contributed by atoms with E-state index in [-0.39, 0.29) is 17.7 Å². The Bertz CT molecular complexity index is 1540. The first-order valence-corrected chi connectivity index (χ1v) is 12.0. The van der Waals surface area contributed by atoms with E-state index in [0.717, 1.165) is 12.7 Å². The van der Waals surface area contributed by atoms with Crippen molar-refractivity contribution in [1.29, 1.82) is 0 Å². The average Bonchev–Trinajstić information content (AvgIpc) is 3.39. The zero-order valence-electron chi connectivity index (χ0n) is 20.9. The molecule has 0 aliphatic carbocycles. The first kappa shape index (κ1) is 27.3. The van der Waals surface area contributed by atoms with Crippen LogP contribution in [0.15, 0.2) is 61.9 Å². The summed E-state index contributed by atoms with van der Waals surface area (Å²) in [6.45, 7) is 6.53. The molecular weight excluding hydrogens is 500 g/mol. The predicted molar refractivity (Wildman–Crippen MR) is 135 cm³/mol. The van der Waals surface area contributed by atoms with E-state index in [1.807, 2.05) is 13.0 Å². The number of carbonyl (C=O) groups excluding carboxylic acids is 2. The van der Waals surface area contributed by atoms with Crippen molar-refractivity contribution in [2.75, 3.05) is 13.7 Å². The maximum absolute atomic E-state index is 13.5. The second kappa shape index (κ2) is 11.7. The SMILES string of the molecule is CC(=O)O.CCOC(=O)C1=C(C)N=c2sc(=Cc3ccc(C)o3)c(=O)n2C1c1ccc(C(=O)OC)cc1. The molecule has 1 aliphatic heterocycles. The number of nitrogens with zero attached hydrogens (tertiary/aromatic N) is 2. The van der Waals surface area contributed by atoms with Gasteiger partial charge >= 0.3 is 11.9 Å². The van der Waals surface area contributed by atoms with E-state index in [4.69, 9.17) is 23.8 Å². The van der Waals surface area contributed by atoms with Crippen molar-refractivity contribution in [3.63, 3.8) is 0 Å². The number of carboxylic acid groups (broad SMARTS) is 1. The molecule has 37 heavy (non-hydrogen) atoms. The zero-order valence-corrected chi connectivity index (χ0v) is 21.8. The van der Waals surface area contributed by atoms with Gasteiger partial charge in [-0.1, -0.05) is 23.5 Å². The normalized spacial score (nSPS) is 14.7. The van der Waals surface area contributed by atoms with Crippen LogP contribution in [0.1, 0.15) is 54.3 Å². The van der Waals surface area contributed by atoms with E-state index in [1.54, 1.807) is 50.3 Å². The Morgan fingerprint density at radius 3 is 2.32 bits per heavy atom. The van der Waals surface area contributed by atoms with Crippen LogP contribution in [0, 0.1) is 6.92 Å². The number of thiazole rings is 1. The van der Waals surface area contributed by atoms with E-state index in [2.05, 4.69) is 4.99 Å². The second-order valence-corrected chi connectivity index (χ2v) is 8.89.